The fourth-order valence-electron chi connectivity index (χ4n) is 1.66. The fraction of sp³-hybridized carbons (Fsp3) is 0.667. The van der Waals surface area contributed by atoms with Crippen molar-refractivity contribution in [3.63, 3.8) is 0 Å². The van der Waals surface area contributed by atoms with Gasteiger partial charge in [0.1, 0.15) is 5.82 Å². The molecule has 0 amide bonds. The van der Waals surface area contributed by atoms with E-state index < -0.39 is 0 Å². The lowest BCUT2D eigenvalue weighted by molar-refractivity contribution is 0.523. The summed E-state index contributed by atoms with van der Waals surface area (Å²) in [5.41, 5.74) is -0.134. The van der Waals surface area contributed by atoms with Gasteiger partial charge in [-0.05, 0) is 29.2 Å². The summed E-state index contributed by atoms with van der Waals surface area (Å²) in [7, 11) is 0. The van der Waals surface area contributed by atoms with E-state index >= 15 is 0 Å². The van der Waals surface area contributed by atoms with Crippen LogP contribution in [-0.2, 0) is 11.8 Å². The van der Waals surface area contributed by atoms with Crippen molar-refractivity contribution >= 4 is 23.3 Å². The Balaban J connectivity index is 2.15. The number of hydrogen-bond acceptors (Lipinski definition) is 7. The summed E-state index contributed by atoms with van der Waals surface area (Å²) in [5, 5.41) is 8.94. The topological polar surface area (TPSA) is 82.5 Å². The molecule has 6 nitrogen and oxygen atoms in total. The minimum Gasteiger partial charge on any atom is -0.336 e. The van der Waals surface area contributed by atoms with Gasteiger partial charge in [-0.1, -0.05) is 34.6 Å². The lowest BCUT2D eigenvalue weighted by Gasteiger charge is -2.16. The SMILES string of the molecule is CC(C)Cc1nsc(Sc2nnc(C(C)(C)C)n2N)n1. The third kappa shape index (κ3) is 3.49. The molecule has 0 aliphatic rings. The molecule has 0 saturated heterocycles. The average Bonchev–Trinajstić information content (AvgIpc) is 2.86. The molecule has 0 radical (unpaired) electrons. The zero-order valence-corrected chi connectivity index (χ0v) is 14.0. The quantitative estimate of drug-likeness (QED) is 0.873. The maximum absolute atomic E-state index is 6.05. The van der Waals surface area contributed by atoms with E-state index in [0.29, 0.717) is 11.1 Å². The van der Waals surface area contributed by atoms with E-state index in [1.807, 2.05) is 0 Å². The monoisotopic (exact) mass is 312 g/mol. The highest BCUT2D eigenvalue weighted by Crippen LogP contribution is 2.29. The Morgan fingerprint density at radius 3 is 2.55 bits per heavy atom. The van der Waals surface area contributed by atoms with Crippen LogP contribution < -0.4 is 5.84 Å². The van der Waals surface area contributed by atoms with Crippen molar-refractivity contribution in [1.29, 1.82) is 0 Å². The van der Waals surface area contributed by atoms with Crippen molar-refractivity contribution in [1.82, 2.24) is 24.2 Å². The summed E-state index contributed by atoms with van der Waals surface area (Å²) in [4.78, 5) is 4.49. The standard InChI is InChI=1S/C12H20N6S2/c1-7(2)6-8-14-11(20-17-8)19-10-16-15-9(18(10)13)12(3,4)5/h7H,6,13H2,1-5H3. The van der Waals surface area contributed by atoms with E-state index in [1.165, 1.54) is 28.0 Å². The normalized spacial score (nSPS) is 12.3. The number of aromatic nitrogens is 5. The molecule has 2 aromatic heterocycles. The molecule has 2 N–H and O–H groups in total. The zero-order chi connectivity index (χ0) is 14.9. The first kappa shape index (κ1) is 15.2. The van der Waals surface area contributed by atoms with Crippen LogP contribution in [0, 0.1) is 5.92 Å². The van der Waals surface area contributed by atoms with E-state index in [4.69, 9.17) is 5.84 Å². The van der Waals surface area contributed by atoms with Crippen LogP contribution in [0.4, 0.5) is 0 Å². The molecule has 0 spiro atoms. The van der Waals surface area contributed by atoms with Crippen molar-refractivity contribution in [3.8, 4) is 0 Å². The third-order valence-electron chi connectivity index (χ3n) is 2.55. The second kappa shape index (κ2) is 5.69. The van der Waals surface area contributed by atoms with Gasteiger partial charge in [-0.3, -0.25) is 0 Å². The molecule has 0 atom stereocenters. The molecule has 8 heteroatoms. The average molecular weight is 312 g/mol. The molecule has 2 aromatic rings. The number of nitrogens with zero attached hydrogens (tertiary/aromatic N) is 5. The van der Waals surface area contributed by atoms with Crippen LogP contribution in [0.5, 0.6) is 0 Å². The number of hydrogen-bond donors (Lipinski definition) is 1. The van der Waals surface area contributed by atoms with Crippen molar-refractivity contribution in [2.45, 2.75) is 56.0 Å². The smallest absolute Gasteiger partial charge is 0.216 e. The molecule has 110 valence electrons. The molecule has 0 fully saturated rings. The molecular weight excluding hydrogens is 292 g/mol. The minimum atomic E-state index is -0.134. The van der Waals surface area contributed by atoms with Crippen LogP contribution in [0.3, 0.4) is 0 Å². The minimum absolute atomic E-state index is 0.134. The molecule has 20 heavy (non-hydrogen) atoms. The van der Waals surface area contributed by atoms with Gasteiger partial charge in [0.15, 0.2) is 10.2 Å². The first-order valence-electron chi connectivity index (χ1n) is 6.48. The number of nitrogens with two attached hydrogens (primary N) is 1. The molecular formula is C12H20N6S2. The largest absolute Gasteiger partial charge is 0.336 e. The van der Waals surface area contributed by atoms with E-state index in [2.05, 4.69) is 54.2 Å². The van der Waals surface area contributed by atoms with E-state index in [9.17, 15) is 0 Å². The summed E-state index contributed by atoms with van der Waals surface area (Å²) in [6, 6.07) is 0. The van der Waals surface area contributed by atoms with Gasteiger partial charge in [-0.2, -0.15) is 4.37 Å². The molecule has 0 bridgehead atoms. The molecule has 0 aliphatic heterocycles. The number of rotatable bonds is 4. The van der Waals surface area contributed by atoms with Crippen molar-refractivity contribution in [2.24, 2.45) is 5.92 Å². The Morgan fingerprint density at radius 2 is 2.00 bits per heavy atom. The van der Waals surface area contributed by atoms with Crippen LogP contribution in [0.25, 0.3) is 0 Å². The molecule has 0 saturated carbocycles. The predicted molar refractivity (Wildman–Crippen MR) is 81.4 cm³/mol. The van der Waals surface area contributed by atoms with Crippen LogP contribution in [0.2, 0.25) is 0 Å². The van der Waals surface area contributed by atoms with Gasteiger partial charge in [-0.25, -0.2) is 9.66 Å². The molecule has 0 unspecified atom stereocenters. The Bertz CT molecular complexity index is 581. The van der Waals surface area contributed by atoms with Gasteiger partial charge in [-0.15, -0.1) is 10.2 Å². The van der Waals surface area contributed by atoms with E-state index in [0.717, 1.165) is 22.4 Å². The highest BCUT2D eigenvalue weighted by atomic mass is 32.2. The van der Waals surface area contributed by atoms with E-state index in [1.54, 1.807) is 0 Å². The second-order valence-electron chi connectivity index (χ2n) is 6.10. The Kier molecular flexibility index (Phi) is 4.33. The van der Waals surface area contributed by atoms with Gasteiger partial charge in [0, 0.05) is 11.8 Å². The van der Waals surface area contributed by atoms with Crippen molar-refractivity contribution in [2.75, 3.05) is 5.84 Å². The first-order chi connectivity index (χ1) is 9.27. The van der Waals surface area contributed by atoms with Gasteiger partial charge >= 0.3 is 0 Å². The summed E-state index contributed by atoms with van der Waals surface area (Å²) in [6.45, 7) is 10.5. The second-order valence-corrected chi connectivity index (χ2v) is 8.07. The predicted octanol–water partition coefficient (Wildman–Crippen LogP) is 2.49. The zero-order valence-electron chi connectivity index (χ0n) is 12.4. The molecule has 0 aliphatic carbocycles. The Hall–Kier alpha value is -1.15. The highest BCUT2D eigenvalue weighted by Gasteiger charge is 2.23. The van der Waals surface area contributed by atoms with Crippen LogP contribution in [0.1, 0.15) is 46.3 Å². The molecule has 2 heterocycles. The molecule has 0 aromatic carbocycles. The van der Waals surface area contributed by atoms with Gasteiger partial charge in [0.05, 0.1) is 0 Å². The summed E-state index contributed by atoms with van der Waals surface area (Å²) < 4.78 is 6.73. The fourth-order valence-corrected chi connectivity index (χ4v) is 3.17. The van der Waals surface area contributed by atoms with Crippen LogP contribution >= 0.6 is 23.3 Å². The third-order valence-corrected chi connectivity index (χ3v) is 4.30. The Labute approximate surface area is 127 Å². The first-order valence-corrected chi connectivity index (χ1v) is 8.07. The van der Waals surface area contributed by atoms with Crippen molar-refractivity contribution < 1.29 is 0 Å². The summed E-state index contributed by atoms with van der Waals surface area (Å²) in [6.07, 6.45) is 0.889. The summed E-state index contributed by atoms with van der Waals surface area (Å²) in [5.74, 6) is 8.24. The van der Waals surface area contributed by atoms with Crippen LogP contribution in [0.15, 0.2) is 9.50 Å². The number of nitrogen functional groups attached to an aromatic ring is 1. The molecule has 2 rings (SSSR count). The summed E-state index contributed by atoms with van der Waals surface area (Å²) >= 11 is 2.79. The Morgan fingerprint density at radius 1 is 1.30 bits per heavy atom. The van der Waals surface area contributed by atoms with Gasteiger partial charge < -0.3 is 5.84 Å². The lowest BCUT2D eigenvalue weighted by Crippen LogP contribution is -2.24. The van der Waals surface area contributed by atoms with E-state index in [-0.39, 0.29) is 5.41 Å². The van der Waals surface area contributed by atoms with Crippen molar-refractivity contribution in [3.05, 3.63) is 11.6 Å². The van der Waals surface area contributed by atoms with Crippen LogP contribution in [-0.4, -0.2) is 24.2 Å². The maximum atomic E-state index is 6.05. The highest BCUT2D eigenvalue weighted by molar-refractivity contribution is 8.00. The van der Waals surface area contributed by atoms with Gasteiger partial charge in [0.25, 0.3) is 0 Å². The lowest BCUT2D eigenvalue weighted by atomic mass is 9.96. The van der Waals surface area contributed by atoms with Gasteiger partial charge in [0.2, 0.25) is 5.16 Å². The maximum Gasteiger partial charge on any atom is 0.216 e.